The SMILES string of the molecule is CNC(=O)CSc1nnc(N2CCOCC2)n1C1CC1. The van der Waals surface area contributed by atoms with Crippen LogP contribution in [0.25, 0.3) is 0 Å². The minimum absolute atomic E-state index is 0.00766. The molecule has 1 N–H and O–H groups in total. The van der Waals surface area contributed by atoms with Gasteiger partial charge in [-0.3, -0.25) is 9.36 Å². The second-order valence-electron chi connectivity index (χ2n) is 4.95. The lowest BCUT2D eigenvalue weighted by atomic mass is 10.4. The summed E-state index contributed by atoms with van der Waals surface area (Å²) in [5.41, 5.74) is 0. The van der Waals surface area contributed by atoms with Crippen molar-refractivity contribution in [3.05, 3.63) is 0 Å². The fraction of sp³-hybridized carbons (Fsp3) is 0.750. The second kappa shape index (κ2) is 6.01. The predicted molar refractivity (Wildman–Crippen MR) is 76.1 cm³/mol. The summed E-state index contributed by atoms with van der Waals surface area (Å²) in [6, 6.07) is 0.495. The van der Waals surface area contributed by atoms with Crippen molar-refractivity contribution in [3.63, 3.8) is 0 Å². The fourth-order valence-corrected chi connectivity index (χ4v) is 3.07. The van der Waals surface area contributed by atoms with Crippen LogP contribution in [0.15, 0.2) is 5.16 Å². The molecule has 1 aromatic rings. The summed E-state index contributed by atoms with van der Waals surface area (Å²) >= 11 is 1.45. The van der Waals surface area contributed by atoms with Crippen LogP contribution in [0, 0.1) is 0 Å². The second-order valence-corrected chi connectivity index (χ2v) is 5.89. The van der Waals surface area contributed by atoms with Gasteiger partial charge in [0.05, 0.1) is 19.0 Å². The monoisotopic (exact) mass is 297 g/mol. The maximum absolute atomic E-state index is 11.4. The third kappa shape index (κ3) is 2.90. The highest BCUT2D eigenvalue weighted by Gasteiger charge is 2.32. The Morgan fingerprint density at radius 2 is 2.15 bits per heavy atom. The normalized spacial score (nSPS) is 19.1. The first-order chi connectivity index (χ1) is 9.79. The largest absolute Gasteiger partial charge is 0.378 e. The summed E-state index contributed by atoms with van der Waals surface area (Å²) < 4.78 is 7.57. The first kappa shape index (κ1) is 13.7. The Morgan fingerprint density at radius 1 is 1.40 bits per heavy atom. The number of amides is 1. The van der Waals surface area contributed by atoms with E-state index in [1.165, 1.54) is 24.6 Å². The lowest BCUT2D eigenvalue weighted by molar-refractivity contribution is -0.118. The van der Waals surface area contributed by atoms with Crippen LogP contribution in [-0.2, 0) is 9.53 Å². The van der Waals surface area contributed by atoms with E-state index in [-0.39, 0.29) is 5.91 Å². The number of ether oxygens (including phenoxy) is 1. The zero-order valence-corrected chi connectivity index (χ0v) is 12.4. The van der Waals surface area contributed by atoms with E-state index >= 15 is 0 Å². The van der Waals surface area contributed by atoms with E-state index in [1.54, 1.807) is 7.05 Å². The van der Waals surface area contributed by atoms with Gasteiger partial charge in [0.15, 0.2) is 5.16 Å². The zero-order chi connectivity index (χ0) is 13.9. The number of anilines is 1. The number of aromatic nitrogens is 3. The molecule has 1 aliphatic carbocycles. The van der Waals surface area contributed by atoms with Gasteiger partial charge < -0.3 is 15.0 Å². The number of carbonyl (C=O) groups excluding carboxylic acids is 1. The van der Waals surface area contributed by atoms with Crippen molar-refractivity contribution >= 4 is 23.6 Å². The fourth-order valence-electron chi connectivity index (χ4n) is 2.20. The van der Waals surface area contributed by atoms with Gasteiger partial charge in [0.2, 0.25) is 11.9 Å². The molecule has 8 heteroatoms. The van der Waals surface area contributed by atoms with Crippen LogP contribution in [0.4, 0.5) is 5.95 Å². The highest BCUT2D eigenvalue weighted by atomic mass is 32.2. The number of nitrogens with one attached hydrogen (secondary N) is 1. The van der Waals surface area contributed by atoms with Crippen molar-refractivity contribution in [2.45, 2.75) is 24.0 Å². The molecule has 0 aromatic carbocycles. The van der Waals surface area contributed by atoms with Crippen LogP contribution in [0.3, 0.4) is 0 Å². The molecule has 7 nitrogen and oxygen atoms in total. The molecule has 1 saturated carbocycles. The number of thioether (sulfide) groups is 1. The zero-order valence-electron chi connectivity index (χ0n) is 11.5. The van der Waals surface area contributed by atoms with Crippen molar-refractivity contribution in [3.8, 4) is 0 Å². The lowest BCUT2D eigenvalue weighted by Gasteiger charge is -2.27. The molecule has 0 unspecified atom stereocenters. The Hall–Kier alpha value is -1.28. The van der Waals surface area contributed by atoms with Crippen LogP contribution in [0.2, 0.25) is 0 Å². The molecule has 0 bridgehead atoms. The highest BCUT2D eigenvalue weighted by molar-refractivity contribution is 7.99. The number of carbonyl (C=O) groups is 1. The molecule has 1 amide bonds. The minimum Gasteiger partial charge on any atom is -0.378 e. The van der Waals surface area contributed by atoms with Crippen LogP contribution in [-0.4, -0.2) is 59.8 Å². The Bertz CT molecular complexity index is 482. The van der Waals surface area contributed by atoms with Crippen molar-refractivity contribution in [2.24, 2.45) is 0 Å². The molecule has 2 heterocycles. The maximum atomic E-state index is 11.4. The van der Waals surface area contributed by atoms with Gasteiger partial charge in [-0.2, -0.15) is 0 Å². The van der Waals surface area contributed by atoms with Crippen LogP contribution in [0.5, 0.6) is 0 Å². The summed E-state index contributed by atoms with van der Waals surface area (Å²) in [7, 11) is 1.65. The molecule has 20 heavy (non-hydrogen) atoms. The first-order valence-electron chi connectivity index (χ1n) is 6.90. The van der Waals surface area contributed by atoms with Gasteiger partial charge in [-0.15, -0.1) is 10.2 Å². The topological polar surface area (TPSA) is 72.3 Å². The molecular weight excluding hydrogens is 278 g/mol. The molecule has 0 spiro atoms. The van der Waals surface area contributed by atoms with Crippen LogP contribution >= 0.6 is 11.8 Å². The van der Waals surface area contributed by atoms with Crippen molar-refractivity contribution in [1.29, 1.82) is 0 Å². The number of nitrogens with zero attached hydrogens (tertiary/aromatic N) is 4. The highest BCUT2D eigenvalue weighted by Crippen LogP contribution is 2.40. The van der Waals surface area contributed by atoms with Crippen molar-refractivity contribution < 1.29 is 9.53 Å². The molecule has 110 valence electrons. The number of rotatable bonds is 5. The standard InChI is InChI=1S/C12H19N5O2S/c1-13-10(18)8-20-12-15-14-11(17(12)9-2-3-9)16-4-6-19-7-5-16/h9H,2-8H2,1H3,(H,13,18). The summed E-state index contributed by atoms with van der Waals surface area (Å²) in [4.78, 5) is 13.6. The quantitative estimate of drug-likeness (QED) is 0.788. The van der Waals surface area contributed by atoms with E-state index < -0.39 is 0 Å². The Labute approximate surface area is 122 Å². The molecular formula is C12H19N5O2S. The van der Waals surface area contributed by atoms with E-state index in [0.717, 1.165) is 37.4 Å². The van der Waals surface area contributed by atoms with E-state index in [1.807, 2.05) is 0 Å². The lowest BCUT2D eigenvalue weighted by Crippen LogP contribution is -2.38. The maximum Gasteiger partial charge on any atom is 0.230 e. The molecule has 2 fully saturated rings. The summed E-state index contributed by atoms with van der Waals surface area (Å²) in [5, 5.41) is 12.1. The Kier molecular flexibility index (Phi) is 4.11. The molecule has 0 atom stereocenters. The molecule has 1 aliphatic heterocycles. The predicted octanol–water partition coefficient (Wildman–Crippen LogP) is 0.288. The van der Waals surface area contributed by atoms with Crippen LogP contribution < -0.4 is 10.2 Å². The van der Waals surface area contributed by atoms with Gasteiger partial charge in [0, 0.05) is 26.2 Å². The van der Waals surface area contributed by atoms with Crippen molar-refractivity contribution in [2.75, 3.05) is 44.0 Å². The Balaban J connectivity index is 1.76. The molecule has 3 rings (SSSR count). The van der Waals surface area contributed by atoms with E-state index in [4.69, 9.17) is 4.74 Å². The van der Waals surface area contributed by atoms with Gasteiger partial charge in [-0.25, -0.2) is 0 Å². The van der Waals surface area contributed by atoms with Gasteiger partial charge in [-0.05, 0) is 12.8 Å². The number of morpholine rings is 1. The average molecular weight is 297 g/mol. The van der Waals surface area contributed by atoms with E-state index in [2.05, 4.69) is 25.0 Å². The van der Waals surface area contributed by atoms with E-state index in [0.29, 0.717) is 11.8 Å². The van der Waals surface area contributed by atoms with Gasteiger partial charge >= 0.3 is 0 Å². The number of hydrogen-bond donors (Lipinski definition) is 1. The smallest absolute Gasteiger partial charge is 0.230 e. The minimum atomic E-state index is 0.00766. The number of hydrogen-bond acceptors (Lipinski definition) is 6. The summed E-state index contributed by atoms with van der Waals surface area (Å²) in [6.45, 7) is 3.17. The van der Waals surface area contributed by atoms with Crippen molar-refractivity contribution in [1.82, 2.24) is 20.1 Å². The van der Waals surface area contributed by atoms with E-state index in [9.17, 15) is 4.79 Å². The summed E-state index contributed by atoms with van der Waals surface area (Å²) in [5.74, 6) is 1.31. The summed E-state index contributed by atoms with van der Waals surface area (Å²) in [6.07, 6.45) is 2.34. The van der Waals surface area contributed by atoms with Gasteiger partial charge in [0.1, 0.15) is 0 Å². The third-order valence-electron chi connectivity index (χ3n) is 3.46. The molecule has 1 saturated heterocycles. The molecule has 0 radical (unpaired) electrons. The average Bonchev–Trinajstić information content (AvgIpc) is 3.25. The Morgan fingerprint density at radius 3 is 2.80 bits per heavy atom. The third-order valence-corrected chi connectivity index (χ3v) is 4.41. The van der Waals surface area contributed by atoms with Gasteiger partial charge in [0.25, 0.3) is 0 Å². The molecule has 2 aliphatic rings. The first-order valence-corrected chi connectivity index (χ1v) is 7.89. The molecule has 1 aromatic heterocycles. The van der Waals surface area contributed by atoms with Gasteiger partial charge in [-0.1, -0.05) is 11.8 Å². The van der Waals surface area contributed by atoms with Crippen LogP contribution in [0.1, 0.15) is 18.9 Å².